The summed E-state index contributed by atoms with van der Waals surface area (Å²) in [6.07, 6.45) is 2.24. The van der Waals surface area contributed by atoms with Crippen LogP contribution in [-0.2, 0) is 4.74 Å². The summed E-state index contributed by atoms with van der Waals surface area (Å²) in [5.74, 6) is 0.0791. The molecule has 1 aromatic rings. The second kappa shape index (κ2) is 6.32. The zero-order valence-corrected chi connectivity index (χ0v) is 11.9. The highest BCUT2D eigenvalue weighted by Crippen LogP contribution is 2.24. The Bertz CT molecular complexity index is 452. The average molecular weight is 284 g/mol. The van der Waals surface area contributed by atoms with E-state index < -0.39 is 11.4 Å². The van der Waals surface area contributed by atoms with Crippen LogP contribution in [0, 0.1) is 5.82 Å². The van der Waals surface area contributed by atoms with Gasteiger partial charge in [0.25, 0.3) is 0 Å². The van der Waals surface area contributed by atoms with E-state index in [4.69, 9.17) is 4.74 Å². The standard InChI is InChI=1S/C13H21FN4O2/c1-3-15-12-16-8-10(14)11(17-12)18(2)9-13(19)4-6-20-7-5-13/h8,19H,3-7,9H2,1-2H3,(H,15,16,17). The summed E-state index contributed by atoms with van der Waals surface area (Å²) >= 11 is 0. The maximum atomic E-state index is 13.8. The van der Waals surface area contributed by atoms with Gasteiger partial charge in [0.1, 0.15) is 0 Å². The van der Waals surface area contributed by atoms with Crippen LogP contribution in [-0.4, -0.2) is 54.0 Å². The molecule has 6 nitrogen and oxygen atoms in total. The minimum atomic E-state index is -0.858. The SMILES string of the molecule is CCNc1ncc(F)c(N(C)CC2(O)CCOCC2)n1. The number of nitrogens with one attached hydrogen (secondary N) is 1. The van der Waals surface area contributed by atoms with Crippen molar-refractivity contribution in [2.24, 2.45) is 0 Å². The summed E-state index contributed by atoms with van der Waals surface area (Å²) in [7, 11) is 1.72. The number of nitrogens with zero attached hydrogens (tertiary/aromatic N) is 3. The largest absolute Gasteiger partial charge is 0.388 e. The molecule has 0 aliphatic carbocycles. The van der Waals surface area contributed by atoms with Crippen molar-refractivity contribution in [3.8, 4) is 0 Å². The highest BCUT2D eigenvalue weighted by atomic mass is 19.1. The molecule has 1 aliphatic rings. The molecule has 0 aromatic carbocycles. The van der Waals surface area contributed by atoms with Crippen LogP contribution in [0.3, 0.4) is 0 Å². The van der Waals surface area contributed by atoms with Crippen LogP contribution >= 0.6 is 0 Å². The van der Waals surface area contributed by atoms with Gasteiger partial charge in [0.15, 0.2) is 11.6 Å². The summed E-state index contributed by atoms with van der Waals surface area (Å²) in [5, 5.41) is 13.4. The number of halogens is 1. The molecule has 1 aliphatic heterocycles. The van der Waals surface area contributed by atoms with E-state index in [9.17, 15) is 9.50 Å². The fourth-order valence-corrected chi connectivity index (χ4v) is 2.29. The van der Waals surface area contributed by atoms with Gasteiger partial charge in [0.05, 0.1) is 11.8 Å². The lowest BCUT2D eigenvalue weighted by molar-refractivity contribution is -0.0573. The van der Waals surface area contributed by atoms with E-state index in [1.807, 2.05) is 6.92 Å². The van der Waals surface area contributed by atoms with Crippen molar-refractivity contribution in [1.29, 1.82) is 0 Å². The molecule has 2 heterocycles. The lowest BCUT2D eigenvalue weighted by atomic mass is 9.94. The van der Waals surface area contributed by atoms with Crippen molar-refractivity contribution < 1.29 is 14.2 Å². The fourth-order valence-electron chi connectivity index (χ4n) is 2.29. The van der Waals surface area contributed by atoms with Crippen LogP contribution in [0.5, 0.6) is 0 Å². The Morgan fingerprint density at radius 2 is 2.20 bits per heavy atom. The summed E-state index contributed by atoms with van der Waals surface area (Å²) in [6, 6.07) is 0. The first-order valence-corrected chi connectivity index (χ1v) is 6.82. The van der Waals surface area contributed by atoms with Gasteiger partial charge >= 0.3 is 0 Å². The van der Waals surface area contributed by atoms with E-state index in [0.29, 0.717) is 45.1 Å². The van der Waals surface area contributed by atoms with Gasteiger partial charge in [-0.1, -0.05) is 0 Å². The van der Waals surface area contributed by atoms with Gasteiger partial charge in [-0.25, -0.2) is 9.37 Å². The molecule has 112 valence electrons. The van der Waals surface area contributed by atoms with Crippen molar-refractivity contribution in [2.45, 2.75) is 25.4 Å². The quantitative estimate of drug-likeness (QED) is 0.841. The normalized spacial score (nSPS) is 17.8. The first-order chi connectivity index (χ1) is 9.54. The molecule has 0 atom stereocenters. The van der Waals surface area contributed by atoms with Crippen LogP contribution in [0.2, 0.25) is 0 Å². The second-order valence-corrected chi connectivity index (χ2v) is 5.09. The highest BCUT2D eigenvalue weighted by Gasteiger charge is 2.32. The third-order valence-electron chi connectivity index (χ3n) is 3.38. The molecule has 2 rings (SSSR count). The number of hydrogen-bond donors (Lipinski definition) is 2. The Balaban J connectivity index is 2.11. The molecular weight excluding hydrogens is 263 g/mol. The summed E-state index contributed by atoms with van der Waals surface area (Å²) in [6.45, 7) is 3.95. The van der Waals surface area contributed by atoms with Gasteiger partial charge < -0.3 is 20.1 Å². The van der Waals surface area contributed by atoms with Crippen molar-refractivity contribution in [2.75, 3.05) is 43.6 Å². The van der Waals surface area contributed by atoms with E-state index >= 15 is 0 Å². The minimum absolute atomic E-state index is 0.191. The van der Waals surface area contributed by atoms with Gasteiger partial charge in [0, 0.05) is 46.2 Å². The number of aliphatic hydroxyl groups is 1. The molecular formula is C13H21FN4O2. The molecule has 7 heteroatoms. The van der Waals surface area contributed by atoms with E-state index in [1.54, 1.807) is 11.9 Å². The average Bonchev–Trinajstić information content (AvgIpc) is 2.41. The summed E-state index contributed by atoms with van der Waals surface area (Å²) < 4.78 is 19.1. The zero-order chi connectivity index (χ0) is 14.6. The molecule has 1 aromatic heterocycles. The van der Waals surface area contributed by atoms with Gasteiger partial charge in [-0.2, -0.15) is 4.98 Å². The van der Waals surface area contributed by atoms with E-state index in [0.717, 1.165) is 6.20 Å². The number of ether oxygens (including phenoxy) is 1. The molecule has 0 unspecified atom stereocenters. The predicted molar refractivity (Wildman–Crippen MR) is 74.4 cm³/mol. The highest BCUT2D eigenvalue weighted by molar-refractivity contribution is 5.43. The first kappa shape index (κ1) is 14.9. The molecule has 1 saturated heterocycles. The lowest BCUT2D eigenvalue weighted by Gasteiger charge is -2.35. The topological polar surface area (TPSA) is 70.5 Å². The Hall–Kier alpha value is -1.47. The second-order valence-electron chi connectivity index (χ2n) is 5.09. The smallest absolute Gasteiger partial charge is 0.224 e. The third kappa shape index (κ3) is 3.55. The van der Waals surface area contributed by atoms with Crippen LogP contribution in [0.25, 0.3) is 0 Å². The fraction of sp³-hybridized carbons (Fsp3) is 0.692. The van der Waals surface area contributed by atoms with Crippen LogP contribution < -0.4 is 10.2 Å². The number of anilines is 2. The minimum Gasteiger partial charge on any atom is -0.388 e. The lowest BCUT2D eigenvalue weighted by Crippen LogP contribution is -2.46. The summed E-state index contributed by atoms with van der Waals surface area (Å²) in [4.78, 5) is 9.64. The maximum absolute atomic E-state index is 13.8. The molecule has 0 radical (unpaired) electrons. The third-order valence-corrected chi connectivity index (χ3v) is 3.38. The number of aromatic nitrogens is 2. The zero-order valence-electron chi connectivity index (χ0n) is 11.9. The molecule has 0 bridgehead atoms. The van der Waals surface area contributed by atoms with Crippen LogP contribution in [0.15, 0.2) is 6.20 Å². The van der Waals surface area contributed by atoms with Gasteiger partial charge in [0.2, 0.25) is 5.95 Å². The predicted octanol–water partition coefficient (Wildman–Crippen LogP) is 1.03. The Morgan fingerprint density at radius 3 is 2.85 bits per heavy atom. The van der Waals surface area contributed by atoms with Crippen molar-refractivity contribution in [1.82, 2.24) is 9.97 Å². The van der Waals surface area contributed by atoms with Gasteiger partial charge in [-0.05, 0) is 6.92 Å². The molecule has 20 heavy (non-hydrogen) atoms. The van der Waals surface area contributed by atoms with Gasteiger partial charge in [-0.3, -0.25) is 0 Å². The molecule has 0 amide bonds. The number of likely N-dealkylation sites (N-methyl/N-ethyl adjacent to an activating group) is 1. The van der Waals surface area contributed by atoms with Crippen molar-refractivity contribution in [3.05, 3.63) is 12.0 Å². The molecule has 0 spiro atoms. The number of hydrogen-bond acceptors (Lipinski definition) is 6. The van der Waals surface area contributed by atoms with Crippen molar-refractivity contribution in [3.63, 3.8) is 0 Å². The molecule has 1 fully saturated rings. The van der Waals surface area contributed by atoms with E-state index in [2.05, 4.69) is 15.3 Å². The number of rotatable bonds is 5. The monoisotopic (exact) mass is 284 g/mol. The van der Waals surface area contributed by atoms with Crippen molar-refractivity contribution >= 4 is 11.8 Å². The summed E-state index contributed by atoms with van der Waals surface area (Å²) in [5.41, 5.74) is -0.858. The Kier molecular flexibility index (Phi) is 4.72. The first-order valence-electron chi connectivity index (χ1n) is 6.82. The molecule has 2 N–H and O–H groups in total. The maximum Gasteiger partial charge on any atom is 0.224 e. The Labute approximate surface area is 118 Å². The van der Waals surface area contributed by atoms with Crippen LogP contribution in [0.1, 0.15) is 19.8 Å². The van der Waals surface area contributed by atoms with E-state index in [1.165, 1.54) is 0 Å². The van der Waals surface area contributed by atoms with Gasteiger partial charge in [-0.15, -0.1) is 0 Å². The van der Waals surface area contributed by atoms with Crippen LogP contribution in [0.4, 0.5) is 16.2 Å². The Morgan fingerprint density at radius 1 is 1.50 bits per heavy atom. The van der Waals surface area contributed by atoms with E-state index in [-0.39, 0.29) is 5.82 Å². The molecule has 0 saturated carbocycles.